The standard InChI is InChI=1S/C31H34BrN3O2/c1-37-29-5-3-2-4-24(29)28-16-26(25-15-23(32)6-7-27(25)33-28)30(36)34-8-10-35(11-9-34)31-17-20-12-21(18-31)14-22(13-20)19-31/h2-7,15-16,20-22H,8-14,17-19H2,1H3. The van der Waals surface area contributed by atoms with E-state index in [-0.39, 0.29) is 5.91 Å². The molecule has 192 valence electrons. The average Bonchev–Trinajstić information content (AvgIpc) is 2.91. The number of fused-ring (bicyclic) bond motifs is 1. The van der Waals surface area contributed by atoms with Crippen molar-refractivity contribution in [3.8, 4) is 17.0 Å². The zero-order valence-electron chi connectivity index (χ0n) is 21.5. The highest BCUT2D eigenvalue weighted by Crippen LogP contribution is 2.57. The molecule has 2 aromatic carbocycles. The molecule has 1 saturated heterocycles. The number of ether oxygens (including phenoxy) is 1. The Bertz CT molecular complexity index is 1330. The van der Waals surface area contributed by atoms with Gasteiger partial charge >= 0.3 is 0 Å². The van der Waals surface area contributed by atoms with E-state index in [1.165, 1.54) is 38.5 Å². The molecule has 8 rings (SSSR count). The van der Waals surface area contributed by atoms with Gasteiger partial charge in [0.05, 0.1) is 23.9 Å². The summed E-state index contributed by atoms with van der Waals surface area (Å²) in [5.74, 6) is 3.70. The molecule has 4 saturated carbocycles. The first-order valence-electron chi connectivity index (χ1n) is 13.8. The predicted molar refractivity (Wildman–Crippen MR) is 150 cm³/mol. The van der Waals surface area contributed by atoms with E-state index in [9.17, 15) is 4.79 Å². The first-order valence-corrected chi connectivity index (χ1v) is 14.6. The molecule has 5 fully saturated rings. The first kappa shape index (κ1) is 23.7. The number of aromatic nitrogens is 1. The van der Waals surface area contributed by atoms with Crippen LogP contribution in [0.4, 0.5) is 0 Å². The zero-order valence-corrected chi connectivity index (χ0v) is 23.0. The van der Waals surface area contributed by atoms with Crippen LogP contribution in [-0.2, 0) is 0 Å². The number of halogens is 1. The third-order valence-corrected chi connectivity index (χ3v) is 10.1. The molecule has 5 aliphatic rings. The first-order chi connectivity index (χ1) is 18.0. The van der Waals surface area contributed by atoms with Crippen LogP contribution in [0, 0.1) is 17.8 Å². The van der Waals surface area contributed by atoms with Crippen molar-refractivity contribution in [2.45, 2.75) is 44.1 Å². The van der Waals surface area contributed by atoms with Crippen molar-refractivity contribution in [3.05, 3.63) is 58.6 Å². The van der Waals surface area contributed by atoms with Crippen LogP contribution in [0.15, 0.2) is 53.0 Å². The lowest BCUT2D eigenvalue weighted by molar-refractivity contribution is -0.0987. The average molecular weight is 561 g/mol. The van der Waals surface area contributed by atoms with E-state index in [2.05, 4.69) is 25.7 Å². The van der Waals surface area contributed by atoms with Crippen molar-refractivity contribution in [2.24, 2.45) is 17.8 Å². The number of hydrogen-bond donors (Lipinski definition) is 0. The topological polar surface area (TPSA) is 45.7 Å². The second-order valence-electron chi connectivity index (χ2n) is 11.8. The zero-order chi connectivity index (χ0) is 25.1. The fourth-order valence-electron chi connectivity index (χ4n) is 8.38. The Morgan fingerprint density at radius 1 is 0.946 bits per heavy atom. The quantitative estimate of drug-likeness (QED) is 0.371. The van der Waals surface area contributed by atoms with Crippen LogP contribution in [0.3, 0.4) is 0 Å². The number of piperazine rings is 1. The summed E-state index contributed by atoms with van der Waals surface area (Å²) < 4.78 is 6.56. The molecule has 1 amide bonds. The lowest BCUT2D eigenvalue weighted by atomic mass is 9.52. The van der Waals surface area contributed by atoms with Gasteiger partial charge in [-0.05, 0) is 92.7 Å². The molecule has 4 bridgehead atoms. The van der Waals surface area contributed by atoms with E-state index < -0.39 is 0 Å². The molecular weight excluding hydrogens is 526 g/mol. The van der Waals surface area contributed by atoms with Crippen LogP contribution < -0.4 is 4.74 Å². The highest BCUT2D eigenvalue weighted by Gasteiger charge is 2.53. The van der Waals surface area contributed by atoms with Crippen LogP contribution in [-0.4, -0.2) is 59.5 Å². The molecule has 1 aliphatic heterocycles. The fraction of sp³-hybridized carbons (Fsp3) is 0.484. The summed E-state index contributed by atoms with van der Waals surface area (Å²) in [4.78, 5) is 23.8. The highest BCUT2D eigenvalue weighted by molar-refractivity contribution is 9.10. The van der Waals surface area contributed by atoms with Crippen LogP contribution >= 0.6 is 15.9 Å². The SMILES string of the molecule is COc1ccccc1-c1cc(C(=O)N2CCN(C34CC5CC(CC(C5)C3)C4)CC2)c2cc(Br)ccc2n1. The largest absolute Gasteiger partial charge is 0.496 e. The second-order valence-corrected chi connectivity index (χ2v) is 12.8. The van der Waals surface area contributed by atoms with E-state index >= 15 is 0 Å². The number of pyridine rings is 1. The molecule has 3 aromatic rings. The van der Waals surface area contributed by atoms with Gasteiger partial charge in [0, 0.05) is 47.1 Å². The van der Waals surface area contributed by atoms with Crippen molar-refractivity contribution < 1.29 is 9.53 Å². The Hall–Kier alpha value is -2.44. The number of benzene rings is 2. The van der Waals surface area contributed by atoms with Gasteiger partial charge in [-0.2, -0.15) is 0 Å². The summed E-state index contributed by atoms with van der Waals surface area (Å²) in [6.45, 7) is 3.57. The molecule has 0 N–H and O–H groups in total. The van der Waals surface area contributed by atoms with Gasteiger partial charge in [-0.3, -0.25) is 9.69 Å². The molecular formula is C31H34BrN3O2. The Morgan fingerprint density at radius 3 is 2.30 bits per heavy atom. The lowest BCUT2D eigenvalue weighted by Crippen LogP contribution is -2.64. The van der Waals surface area contributed by atoms with Crippen LogP contribution in [0.25, 0.3) is 22.2 Å². The van der Waals surface area contributed by atoms with E-state index in [4.69, 9.17) is 9.72 Å². The van der Waals surface area contributed by atoms with E-state index in [1.54, 1.807) is 7.11 Å². The van der Waals surface area contributed by atoms with E-state index in [0.29, 0.717) is 5.54 Å². The second kappa shape index (κ2) is 9.09. The molecule has 6 heteroatoms. The summed E-state index contributed by atoms with van der Waals surface area (Å²) in [5.41, 5.74) is 3.62. The number of hydrogen-bond acceptors (Lipinski definition) is 4. The number of methoxy groups -OCH3 is 1. The van der Waals surface area contributed by atoms with Gasteiger partial charge in [0.15, 0.2) is 0 Å². The third-order valence-electron chi connectivity index (χ3n) is 9.63. The van der Waals surface area contributed by atoms with Crippen molar-refractivity contribution in [1.82, 2.24) is 14.8 Å². The molecule has 4 aliphatic carbocycles. The van der Waals surface area contributed by atoms with E-state index in [0.717, 1.165) is 81.9 Å². The highest BCUT2D eigenvalue weighted by atomic mass is 79.9. The summed E-state index contributed by atoms with van der Waals surface area (Å²) in [6, 6.07) is 15.8. The van der Waals surface area contributed by atoms with Gasteiger partial charge in [-0.25, -0.2) is 4.98 Å². The molecule has 0 atom stereocenters. The number of nitrogens with zero attached hydrogens (tertiary/aromatic N) is 3. The minimum Gasteiger partial charge on any atom is -0.496 e. The number of para-hydroxylation sites is 1. The van der Waals surface area contributed by atoms with Gasteiger partial charge in [-0.1, -0.05) is 28.1 Å². The third kappa shape index (κ3) is 4.08. The maximum atomic E-state index is 14.1. The Morgan fingerprint density at radius 2 is 1.62 bits per heavy atom. The molecule has 37 heavy (non-hydrogen) atoms. The normalized spacial score (nSPS) is 29.1. The maximum absolute atomic E-state index is 14.1. The number of carbonyl (C=O) groups excluding carboxylic acids is 1. The van der Waals surface area contributed by atoms with Crippen LogP contribution in [0.1, 0.15) is 48.9 Å². The van der Waals surface area contributed by atoms with Gasteiger partial charge in [-0.15, -0.1) is 0 Å². The van der Waals surface area contributed by atoms with Gasteiger partial charge in [0.2, 0.25) is 0 Å². The van der Waals surface area contributed by atoms with Crippen molar-refractivity contribution in [3.63, 3.8) is 0 Å². The Labute approximate surface area is 227 Å². The number of rotatable bonds is 4. The van der Waals surface area contributed by atoms with Crippen LogP contribution in [0.2, 0.25) is 0 Å². The van der Waals surface area contributed by atoms with Crippen molar-refractivity contribution >= 4 is 32.7 Å². The minimum atomic E-state index is 0.104. The summed E-state index contributed by atoms with van der Waals surface area (Å²) in [7, 11) is 1.67. The monoisotopic (exact) mass is 559 g/mol. The van der Waals surface area contributed by atoms with Crippen molar-refractivity contribution in [1.29, 1.82) is 0 Å². The smallest absolute Gasteiger partial charge is 0.254 e. The van der Waals surface area contributed by atoms with Crippen molar-refractivity contribution in [2.75, 3.05) is 33.3 Å². The van der Waals surface area contributed by atoms with Gasteiger partial charge < -0.3 is 9.64 Å². The van der Waals surface area contributed by atoms with Gasteiger partial charge in [0.1, 0.15) is 5.75 Å². The minimum absolute atomic E-state index is 0.104. The summed E-state index contributed by atoms with van der Waals surface area (Å²) in [5, 5.41) is 0.890. The summed E-state index contributed by atoms with van der Waals surface area (Å²) in [6.07, 6.45) is 8.57. The Kier molecular flexibility index (Phi) is 5.81. The fourth-order valence-corrected chi connectivity index (χ4v) is 8.74. The van der Waals surface area contributed by atoms with Crippen LogP contribution in [0.5, 0.6) is 5.75 Å². The Balaban J connectivity index is 1.18. The number of carbonyl (C=O) groups is 1. The molecule has 0 spiro atoms. The molecule has 2 heterocycles. The van der Waals surface area contributed by atoms with Gasteiger partial charge in [0.25, 0.3) is 5.91 Å². The predicted octanol–water partition coefficient (Wildman–Crippen LogP) is 6.40. The molecule has 1 aromatic heterocycles. The molecule has 0 radical (unpaired) electrons. The number of amides is 1. The lowest BCUT2D eigenvalue weighted by Gasteiger charge is -2.61. The summed E-state index contributed by atoms with van der Waals surface area (Å²) >= 11 is 3.60. The molecule has 5 nitrogen and oxygen atoms in total. The molecule has 0 unspecified atom stereocenters. The maximum Gasteiger partial charge on any atom is 0.254 e. The van der Waals surface area contributed by atoms with E-state index in [1.807, 2.05) is 48.5 Å².